The SMILES string of the molecule is CC(/C(O)=C1\C(=O)NC(CCc2ccccc2)C1=O)c1ccccc1. The number of Topliss-reactive ketones (excluding diaryl/α,β-unsaturated/α-hetero) is 1. The van der Waals surface area contributed by atoms with E-state index in [0.29, 0.717) is 12.8 Å². The van der Waals surface area contributed by atoms with Gasteiger partial charge >= 0.3 is 0 Å². The summed E-state index contributed by atoms with van der Waals surface area (Å²) in [5.41, 5.74) is 1.87. The van der Waals surface area contributed by atoms with Crippen LogP contribution >= 0.6 is 0 Å². The average molecular weight is 335 g/mol. The molecule has 3 rings (SSSR count). The second-order valence-electron chi connectivity index (χ2n) is 6.31. The molecule has 128 valence electrons. The summed E-state index contributed by atoms with van der Waals surface area (Å²) < 4.78 is 0. The molecular weight excluding hydrogens is 314 g/mol. The summed E-state index contributed by atoms with van der Waals surface area (Å²) >= 11 is 0. The van der Waals surface area contributed by atoms with Crippen LogP contribution in [0.2, 0.25) is 0 Å². The van der Waals surface area contributed by atoms with Crippen molar-refractivity contribution in [3.05, 3.63) is 83.1 Å². The number of aliphatic hydroxyl groups excluding tert-OH is 1. The van der Waals surface area contributed by atoms with E-state index < -0.39 is 17.9 Å². The second-order valence-corrected chi connectivity index (χ2v) is 6.31. The molecule has 0 aromatic heterocycles. The number of benzene rings is 2. The Morgan fingerprint density at radius 2 is 1.64 bits per heavy atom. The number of allylic oxidation sites excluding steroid dienone is 1. The van der Waals surface area contributed by atoms with E-state index in [1.807, 2.05) is 60.7 Å². The number of hydrogen-bond acceptors (Lipinski definition) is 3. The van der Waals surface area contributed by atoms with Crippen LogP contribution in [0.4, 0.5) is 0 Å². The molecule has 0 bridgehead atoms. The lowest BCUT2D eigenvalue weighted by atomic mass is 9.93. The van der Waals surface area contributed by atoms with Gasteiger partial charge < -0.3 is 10.4 Å². The maximum absolute atomic E-state index is 12.6. The summed E-state index contributed by atoms with van der Waals surface area (Å²) in [5.74, 6) is -1.36. The molecule has 2 aromatic rings. The summed E-state index contributed by atoms with van der Waals surface area (Å²) in [5, 5.41) is 13.2. The third-order valence-corrected chi connectivity index (χ3v) is 4.63. The molecule has 1 aliphatic heterocycles. The van der Waals surface area contributed by atoms with Crippen LogP contribution in [0, 0.1) is 0 Å². The minimum Gasteiger partial charge on any atom is -0.511 e. The standard InChI is InChI=1S/C21H21NO3/c1-14(16-10-6-3-7-11-16)19(23)18-20(24)17(22-21(18)25)13-12-15-8-4-2-5-9-15/h2-11,14,17,23H,12-13H2,1H3,(H,22,25)/b19-18+. The molecule has 2 atom stereocenters. The molecule has 2 unspecified atom stereocenters. The van der Waals surface area contributed by atoms with Crippen LogP contribution in [-0.2, 0) is 16.0 Å². The molecule has 1 amide bonds. The summed E-state index contributed by atoms with van der Waals surface area (Å²) in [7, 11) is 0. The van der Waals surface area contributed by atoms with Crippen molar-refractivity contribution in [3.8, 4) is 0 Å². The first kappa shape index (κ1) is 17.0. The number of amides is 1. The molecule has 0 aliphatic carbocycles. The van der Waals surface area contributed by atoms with E-state index in [4.69, 9.17) is 0 Å². The molecule has 0 saturated carbocycles. The zero-order chi connectivity index (χ0) is 17.8. The van der Waals surface area contributed by atoms with Crippen LogP contribution in [0.5, 0.6) is 0 Å². The van der Waals surface area contributed by atoms with E-state index in [-0.39, 0.29) is 17.1 Å². The second kappa shape index (κ2) is 7.34. The van der Waals surface area contributed by atoms with E-state index in [0.717, 1.165) is 11.1 Å². The average Bonchev–Trinajstić information content (AvgIpc) is 2.94. The van der Waals surface area contributed by atoms with Crippen LogP contribution < -0.4 is 5.32 Å². The largest absolute Gasteiger partial charge is 0.511 e. The van der Waals surface area contributed by atoms with Gasteiger partial charge in [-0.05, 0) is 24.0 Å². The van der Waals surface area contributed by atoms with Crippen molar-refractivity contribution in [2.24, 2.45) is 0 Å². The van der Waals surface area contributed by atoms with Crippen molar-refractivity contribution in [3.63, 3.8) is 0 Å². The molecule has 1 fully saturated rings. The molecule has 1 saturated heterocycles. The first-order valence-electron chi connectivity index (χ1n) is 8.45. The quantitative estimate of drug-likeness (QED) is 0.500. The van der Waals surface area contributed by atoms with Crippen LogP contribution in [0.1, 0.15) is 30.4 Å². The highest BCUT2D eigenvalue weighted by molar-refractivity contribution is 6.26. The van der Waals surface area contributed by atoms with Gasteiger partial charge in [-0.15, -0.1) is 0 Å². The first-order chi connectivity index (χ1) is 12.1. The fraction of sp³-hybridized carbons (Fsp3) is 0.238. The number of aryl methyl sites for hydroxylation is 1. The van der Waals surface area contributed by atoms with E-state index in [2.05, 4.69) is 5.32 Å². The van der Waals surface area contributed by atoms with Crippen LogP contribution in [0.25, 0.3) is 0 Å². The number of ketones is 1. The van der Waals surface area contributed by atoms with Gasteiger partial charge in [0.2, 0.25) is 0 Å². The molecule has 1 aliphatic rings. The zero-order valence-electron chi connectivity index (χ0n) is 14.1. The Morgan fingerprint density at radius 3 is 2.28 bits per heavy atom. The molecule has 4 heteroatoms. The molecule has 2 N–H and O–H groups in total. The molecule has 25 heavy (non-hydrogen) atoms. The van der Waals surface area contributed by atoms with Gasteiger partial charge in [0.15, 0.2) is 5.78 Å². The topological polar surface area (TPSA) is 66.4 Å². The van der Waals surface area contributed by atoms with Crippen molar-refractivity contribution in [1.29, 1.82) is 0 Å². The summed E-state index contributed by atoms with van der Waals surface area (Å²) in [4.78, 5) is 24.8. The van der Waals surface area contributed by atoms with Gasteiger partial charge in [0.05, 0.1) is 6.04 Å². The highest BCUT2D eigenvalue weighted by atomic mass is 16.3. The Kier molecular flexibility index (Phi) is 4.98. The van der Waals surface area contributed by atoms with Gasteiger partial charge in [0, 0.05) is 5.92 Å². The smallest absolute Gasteiger partial charge is 0.259 e. The Labute approximate surface area is 147 Å². The zero-order valence-corrected chi connectivity index (χ0v) is 14.1. The van der Waals surface area contributed by atoms with Crippen molar-refractivity contribution in [2.45, 2.75) is 31.7 Å². The summed E-state index contributed by atoms with van der Waals surface area (Å²) in [6, 6.07) is 18.6. The number of hydrogen-bond donors (Lipinski definition) is 2. The molecular formula is C21H21NO3. The lowest BCUT2D eigenvalue weighted by Gasteiger charge is -2.12. The highest BCUT2D eigenvalue weighted by Gasteiger charge is 2.39. The normalized spacial score (nSPS) is 20.3. The van der Waals surface area contributed by atoms with E-state index in [1.54, 1.807) is 6.92 Å². The Balaban J connectivity index is 1.76. The summed E-state index contributed by atoms with van der Waals surface area (Å²) in [6.45, 7) is 1.79. The minimum absolute atomic E-state index is 0.102. The molecule has 2 aromatic carbocycles. The van der Waals surface area contributed by atoms with Gasteiger partial charge in [0.25, 0.3) is 5.91 Å². The van der Waals surface area contributed by atoms with Crippen molar-refractivity contribution in [1.82, 2.24) is 5.32 Å². The third kappa shape index (κ3) is 3.63. The Morgan fingerprint density at radius 1 is 1.04 bits per heavy atom. The number of rotatable bonds is 5. The number of nitrogens with one attached hydrogen (secondary N) is 1. The van der Waals surface area contributed by atoms with Gasteiger partial charge in [-0.2, -0.15) is 0 Å². The molecule has 0 radical (unpaired) electrons. The van der Waals surface area contributed by atoms with Crippen molar-refractivity contribution in [2.75, 3.05) is 0 Å². The maximum Gasteiger partial charge on any atom is 0.259 e. The predicted molar refractivity (Wildman–Crippen MR) is 96.2 cm³/mol. The fourth-order valence-corrected chi connectivity index (χ4v) is 3.10. The van der Waals surface area contributed by atoms with Crippen LogP contribution in [0.3, 0.4) is 0 Å². The first-order valence-corrected chi connectivity index (χ1v) is 8.45. The lowest BCUT2D eigenvalue weighted by molar-refractivity contribution is -0.117. The van der Waals surface area contributed by atoms with Crippen LogP contribution in [-0.4, -0.2) is 22.8 Å². The van der Waals surface area contributed by atoms with Crippen molar-refractivity contribution < 1.29 is 14.7 Å². The minimum atomic E-state index is -0.576. The van der Waals surface area contributed by atoms with E-state index >= 15 is 0 Å². The molecule has 1 heterocycles. The number of aliphatic hydroxyl groups is 1. The molecule has 0 spiro atoms. The van der Waals surface area contributed by atoms with Gasteiger partial charge in [-0.1, -0.05) is 67.6 Å². The third-order valence-electron chi connectivity index (χ3n) is 4.63. The predicted octanol–water partition coefficient (Wildman–Crippen LogP) is 3.30. The maximum atomic E-state index is 12.6. The Bertz CT molecular complexity index is 796. The van der Waals surface area contributed by atoms with E-state index in [1.165, 1.54) is 0 Å². The van der Waals surface area contributed by atoms with Gasteiger partial charge in [-0.3, -0.25) is 9.59 Å². The van der Waals surface area contributed by atoms with E-state index in [9.17, 15) is 14.7 Å². The Hall–Kier alpha value is -2.88. The highest BCUT2D eigenvalue weighted by Crippen LogP contribution is 2.27. The number of carbonyl (C=O) groups is 2. The van der Waals surface area contributed by atoms with Gasteiger partial charge in [-0.25, -0.2) is 0 Å². The fourth-order valence-electron chi connectivity index (χ4n) is 3.10. The summed E-state index contributed by atoms with van der Waals surface area (Å²) in [6.07, 6.45) is 1.21. The number of carbonyl (C=O) groups excluding carboxylic acids is 2. The monoisotopic (exact) mass is 335 g/mol. The van der Waals surface area contributed by atoms with Crippen molar-refractivity contribution >= 4 is 11.7 Å². The lowest BCUT2D eigenvalue weighted by Crippen LogP contribution is -2.29. The molecule has 4 nitrogen and oxygen atoms in total. The van der Waals surface area contributed by atoms with Crippen LogP contribution in [0.15, 0.2) is 72.0 Å². The van der Waals surface area contributed by atoms with Gasteiger partial charge in [0.1, 0.15) is 11.3 Å².